The predicted octanol–water partition coefficient (Wildman–Crippen LogP) is 2.23. The molecule has 0 radical (unpaired) electrons. The summed E-state index contributed by atoms with van der Waals surface area (Å²) in [7, 11) is 0. The van der Waals surface area contributed by atoms with Gasteiger partial charge in [-0.2, -0.15) is 0 Å². The number of nitrogens with one attached hydrogen (secondary N) is 1. The quantitative estimate of drug-likeness (QED) is 0.578. The van der Waals surface area contributed by atoms with Gasteiger partial charge in [0.25, 0.3) is 0 Å². The first kappa shape index (κ1) is 15.5. The summed E-state index contributed by atoms with van der Waals surface area (Å²) in [4.78, 5) is 11.5. The minimum Gasteiger partial charge on any atom is -0.482 e. The third kappa shape index (κ3) is 5.75. The molecule has 0 bridgehead atoms. The highest BCUT2D eigenvalue weighted by Crippen LogP contribution is 2.20. The van der Waals surface area contributed by atoms with Crippen LogP contribution in [0.4, 0.5) is 0 Å². The zero-order valence-corrected chi connectivity index (χ0v) is 12.0. The second-order valence-electron chi connectivity index (χ2n) is 4.46. The Bertz CT molecular complexity index is 404. The van der Waals surface area contributed by atoms with E-state index in [-0.39, 0.29) is 12.6 Å². The highest BCUT2D eigenvalue weighted by Gasteiger charge is 2.06. The van der Waals surface area contributed by atoms with E-state index in [1.165, 1.54) is 0 Å². The van der Waals surface area contributed by atoms with Crippen LogP contribution in [0.15, 0.2) is 18.2 Å². The molecular formula is C15H23NO3. The molecule has 0 spiro atoms. The van der Waals surface area contributed by atoms with Crippen molar-refractivity contribution in [3.8, 4) is 5.75 Å². The molecule has 0 aliphatic heterocycles. The average Bonchev–Trinajstić information content (AvgIpc) is 2.40. The Morgan fingerprint density at radius 2 is 2.05 bits per heavy atom. The van der Waals surface area contributed by atoms with Crippen molar-refractivity contribution in [1.82, 2.24) is 5.32 Å². The highest BCUT2D eigenvalue weighted by molar-refractivity contribution is 5.71. The molecule has 0 saturated heterocycles. The van der Waals surface area contributed by atoms with Gasteiger partial charge in [-0.25, -0.2) is 4.79 Å². The second-order valence-corrected chi connectivity index (χ2v) is 4.46. The fourth-order valence-corrected chi connectivity index (χ4v) is 1.60. The molecule has 19 heavy (non-hydrogen) atoms. The molecule has 0 fully saturated rings. The lowest BCUT2D eigenvalue weighted by Gasteiger charge is -2.10. The third-order valence-electron chi connectivity index (χ3n) is 2.87. The number of aryl methyl sites for hydroxylation is 1. The molecule has 0 heterocycles. The second kappa shape index (κ2) is 8.53. The van der Waals surface area contributed by atoms with Gasteiger partial charge in [0, 0.05) is 6.54 Å². The first-order chi connectivity index (χ1) is 9.15. The smallest absolute Gasteiger partial charge is 0.344 e. The topological polar surface area (TPSA) is 47.6 Å². The van der Waals surface area contributed by atoms with Crippen LogP contribution in [-0.4, -0.2) is 32.3 Å². The monoisotopic (exact) mass is 265 g/mol. The van der Waals surface area contributed by atoms with Crippen molar-refractivity contribution >= 4 is 5.97 Å². The number of ether oxygens (including phenoxy) is 2. The largest absolute Gasteiger partial charge is 0.482 e. The van der Waals surface area contributed by atoms with E-state index in [1.54, 1.807) is 0 Å². The van der Waals surface area contributed by atoms with Crippen molar-refractivity contribution in [2.45, 2.75) is 27.2 Å². The Morgan fingerprint density at radius 1 is 1.26 bits per heavy atom. The Balaban J connectivity index is 2.24. The van der Waals surface area contributed by atoms with Crippen molar-refractivity contribution in [2.75, 3.05) is 26.3 Å². The van der Waals surface area contributed by atoms with Crippen molar-refractivity contribution in [1.29, 1.82) is 0 Å². The fourth-order valence-electron chi connectivity index (χ4n) is 1.60. The molecule has 1 rings (SSSR count). The molecule has 1 N–H and O–H groups in total. The first-order valence-electron chi connectivity index (χ1n) is 6.70. The predicted molar refractivity (Wildman–Crippen MR) is 75.5 cm³/mol. The van der Waals surface area contributed by atoms with Gasteiger partial charge in [-0.15, -0.1) is 0 Å². The fraction of sp³-hybridized carbons (Fsp3) is 0.533. The minimum atomic E-state index is -0.334. The lowest BCUT2D eigenvalue weighted by Crippen LogP contribution is -2.24. The zero-order chi connectivity index (χ0) is 14.1. The number of hydrogen-bond acceptors (Lipinski definition) is 4. The van der Waals surface area contributed by atoms with Crippen molar-refractivity contribution in [2.24, 2.45) is 0 Å². The Kier molecular flexibility index (Phi) is 6.97. The van der Waals surface area contributed by atoms with E-state index in [4.69, 9.17) is 9.47 Å². The van der Waals surface area contributed by atoms with E-state index in [1.807, 2.05) is 32.0 Å². The summed E-state index contributed by atoms with van der Waals surface area (Å²) in [5, 5.41) is 3.16. The lowest BCUT2D eigenvalue weighted by atomic mass is 10.1. The summed E-state index contributed by atoms with van der Waals surface area (Å²) in [6.07, 6.45) is 1.07. The summed E-state index contributed by atoms with van der Waals surface area (Å²) in [5.41, 5.74) is 2.20. The third-order valence-corrected chi connectivity index (χ3v) is 2.87. The summed E-state index contributed by atoms with van der Waals surface area (Å²) in [5.74, 6) is 0.403. The van der Waals surface area contributed by atoms with Gasteiger partial charge in [0.1, 0.15) is 12.4 Å². The molecule has 0 unspecified atom stereocenters. The number of hydrogen-bond donors (Lipinski definition) is 1. The van der Waals surface area contributed by atoms with Crippen LogP contribution in [-0.2, 0) is 9.53 Å². The molecule has 106 valence electrons. The van der Waals surface area contributed by atoms with Crippen LogP contribution in [0.25, 0.3) is 0 Å². The first-order valence-corrected chi connectivity index (χ1v) is 6.70. The maximum Gasteiger partial charge on any atom is 0.344 e. The van der Waals surface area contributed by atoms with E-state index < -0.39 is 0 Å². The summed E-state index contributed by atoms with van der Waals surface area (Å²) in [6.45, 7) is 8.05. The summed E-state index contributed by atoms with van der Waals surface area (Å²) < 4.78 is 10.5. The summed E-state index contributed by atoms with van der Waals surface area (Å²) >= 11 is 0. The van der Waals surface area contributed by atoms with Gasteiger partial charge < -0.3 is 14.8 Å². The molecule has 0 amide bonds. The summed E-state index contributed by atoms with van der Waals surface area (Å²) in [6, 6.07) is 5.79. The van der Waals surface area contributed by atoms with Crippen molar-refractivity contribution in [3.63, 3.8) is 0 Å². The van der Waals surface area contributed by atoms with Gasteiger partial charge in [-0.1, -0.05) is 19.1 Å². The highest BCUT2D eigenvalue weighted by atomic mass is 16.6. The maximum atomic E-state index is 11.5. The van der Waals surface area contributed by atoms with E-state index in [2.05, 4.69) is 12.2 Å². The standard InChI is InChI=1S/C15H23NO3/c1-4-8-16-9-10-18-15(17)11-19-14-7-5-6-12(2)13(14)3/h5-7,16H,4,8-11H2,1-3H3. The molecule has 0 aliphatic rings. The maximum absolute atomic E-state index is 11.5. The molecule has 1 aromatic carbocycles. The Morgan fingerprint density at radius 3 is 2.79 bits per heavy atom. The minimum absolute atomic E-state index is 0.0436. The molecule has 4 heteroatoms. The van der Waals surface area contributed by atoms with Crippen LogP contribution in [0.1, 0.15) is 24.5 Å². The normalized spacial score (nSPS) is 10.3. The number of esters is 1. The van der Waals surface area contributed by atoms with Crippen LogP contribution < -0.4 is 10.1 Å². The van der Waals surface area contributed by atoms with Gasteiger partial charge in [0.2, 0.25) is 0 Å². The Hall–Kier alpha value is -1.55. The van der Waals surface area contributed by atoms with Crippen LogP contribution >= 0.6 is 0 Å². The van der Waals surface area contributed by atoms with Gasteiger partial charge in [-0.3, -0.25) is 0 Å². The van der Waals surface area contributed by atoms with Crippen LogP contribution in [0, 0.1) is 13.8 Å². The Labute approximate surface area is 115 Å². The molecular weight excluding hydrogens is 242 g/mol. The van der Waals surface area contributed by atoms with Crippen LogP contribution in [0.2, 0.25) is 0 Å². The van der Waals surface area contributed by atoms with Gasteiger partial charge in [0.05, 0.1) is 0 Å². The molecule has 0 saturated carbocycles. The van der Waals surface area contributed by atoms with Gasteiger partial charge in [0.15, 0.2) is 6.61 Å². The van der Waals surface area contributed by atoms with E-state index in [0.29, 0.717) is 13.2 Å². The number of carbonyl (C=O) groups is 1. The lowest BCUT2D eigenvalue weighted by molar-refractivity contribution is -0.145. The number of carbonyl (C=O) groups excluding carboxylic acids is 1. The molecule has 0 aliphatic carbocycles. The average molecular weight is 265 g/mol. The molecule has 1 aromatic rings. The SMILES string of the molecule is CCCNCCOC(=O)COc1cccc(C)c1C. The molecule has 0 atom stereocenters. The molecule has 0 aromatic heterocycles. The van der Waals surface area contributed by atoms with E-state index in [0.717, 1.165) is 29.8 Å². The number of rotatable bonds is 8. The van der Waals surface area contributed by atoms with Gasteiger partial charge >= 0.3 is 5.97 Å². The zero-order valence-electron chi connectivity index (χ0n) is 12.0. The van der Waals surface area contributed by atoms with Crippen LogP contribution in [0.3, 0.4) is 0 Å². The van der Waals surface area contributed by atoms with Gasteiger partial charge in [-0.05, 0) is 44.0 Å². The van der Waals surface area contributed by atoms with Crippen molar-refractivity contribution < 1.29 is 14.3 Å². The molecule has 4 nitrogen and oxygen atoms in total. The van der Waals surface area contributed by atoms with E-state index in [9.17, 15) is 4.79 Å². The van der Waals surface area contributed by atoms with Crippen LogP contribution in [0.5, 0.6) is 5.75 Å². The van der Waals surface area contributed by atoms with Crippen molar-refractivity contribution in [3.05, 3.63) is 29.3 Å². The number of benzene rings is 1. The van der Waals surface area contributed by atoms with E-state index >= 15 is 0 Å².